The van der Waals surface area contributed by atoms with Crippen molar-refractivity contribution in [3.8, 4) is 11.4 Å². The second kappa shape index (κ2) is 10.2. The molecule has 0 spiro atoms. The van der Waals surface area contributed by atoms with Gasteiger partial charge >= 0.3 is 0 Å². The van der Waals surface area contributed by atoms with Crippen LogP contribution in [0.1, 0.15) is 15.9 Å². The van der Waals surface area contributed by atoms with Crippen molar-refractivity contribution in [1.82, 2.24) is 14.1 Å². The smallest absolute Gasteiger partial charge is 0.194 e. The van der Waals surface area contributed by atoms with Gasteiger partial charge in [-0.1, -0.05) is 84.9 Å². The monoisotopic (exact) mass is 613 g/mol. The first-order chi connectivity index (χ1) is 23.7. The van der Waals surface area contributed by atoms with E-state index in [1.165, 1.54) is 21.5 Å². The van der Waals surface area contributed by atoms with Crippen LogP contribution in [0.5, 0.6) is 0 Å². The molecule has 0 atom stereocenters. The predicted octanol–water partition coefficient (Wildman–Crippen LogP) is 10.8. The van der Waals surface area contributed by atoms with Gasteiger partial charge in [0, 0.05) is 56.4 Å². The van der Waals surface area contributed by atoms with E-state index in [2.05, 4.69) is 154 Å². The van der Waals surface area contributed by atoms with E-state index in [0.717, 1.165) is 55.0 Å². The molecule has 10 rings (SSSR count). The molecule has 0 aliphatic heterocycles. The van der Waals surface area contributed by atoms with Crippen molar-refractivity contribution in [3.05, 3.63) is 175 Å². The van der Waals surface area contributed by atoms with Gasteiger partial charge in [0.15, 0.2) is 5.78 Å². The van der Waals surface area contributed by atoms with Gasteiger partial charge in [0.05, 0.1) is 22.1 Å². The lowest BCUT2D eigenvalue weighted by Crippen LogP contribution is -2.05. The number of rotatable bonds is 4. The molecule has 4 heteroatoms. The van der Waals surface area contributed by atoms with E-state index >= 15 is 0 Å². The highest BCUT2D eigenvalue weighted by molar-refractivity contribution is 6.25. The number of benzene rings is 7. The number of hydrogen-bond acceptors (Lipinski definition) is 2. The number of ketones is 1. The Bertz CT molecular complexity index is 2810. The summed E-state index contributed by atoms with van der Waals surface area (Å²) in [5, 5.41) is 8.74. The Hall–Kier alpha value is -6.52. The summed E-state index contributed by atoms with van der Waals surface area (Å²) in [6, 6.07) is 52.9. The Kier molecular flexibility index (Phi) is 5.69. The molecule has 10 aromatic rings. The molecule has 3 heterocycles. The van der Waals surface area contributed by atoms with Crippen molar-refractivity contribution in [2.45, 2.75) is 0 Å². The fraction of sp³-hybridized carbons (Fsp3) is 0. The zero-order valence-electron chi connectivity index (χ0n) is 25.8. The molecular formula is C44H27N3O. The van der Waals surface area contributed by atoms with Crippen molar-refractivity contribution >= 4 is 70.9 Å². The lowest BCUT2D eigenvalue weighted by Gasteiger charge is -2.16. The summed E-state index contributed by atoms with van der Waals surface area (Å²) < 4.78 is 4.63. The van der Waals surface area contributed by atoms with Crippen LogP contribution in [0.2, 0.25) is 0 Å². The summed E-state index contributed by atoms with van der Waals surface area (Å²) in [4.78, 5) is 18.7. The van der Waals surface area contributed by atoms with E-state index < -0.39 is 0 Å². The Balaban J connectivity index is 1.26. The van der Waals surface area contributed by atoms with Crippen molar-refractivity contribution in [2.75, 3.05) is 0 Å². The SMILES string of the molecule is O=C(c1ccncc1)c1c2ccc(-n3c4ccccc4c4ccccc43)cc2cc2ccc(-n3c4ccccc4c4ccccc43)cc12. The molecule has 0 saturated heterocycles. The summed E-state index contributed by atoms with van der Waals surface area (Å²) in [6.45, 7) is 0. The minimum atomic E-state index is -0.0167. The molecule has 0 fully saturated rings. The minimum Gasteiger partial charge on any atom is -0.309 e. The van der Waals surface area contributed by atoms with E-state index in [1.807, 2.05) is 0 Å². The van der Waals surface area contributed by atoms with Crippen LogP contribution in [0.3, 0.4) is 0 Å². The van der Waals surface area contributed by atoms with Gasteiger partial charge in [-0.15, -0.1) is 0 Å². The van der Waals surface area contributed by atoms with Gasteiger partial charge in [0.1, 0.15) is 0 Å². The highest BCUT2D eigenvalue weighted by atomic mass is 16.1. The first kappa shape index (κ1) is 26.7. The quantitative estimate of drug-likeness (QED) is 0.146. The van der Waals surface area contributed by atoms with E-state index in [1.54, 1.807) is 24.5 Å². The highest BCUT2D eigenvalue weighted by Crippen LogP contribution is 2.38. The Labute approximate surface area is 275 Å². The van der Waals surface area contributed by atoms with Crippen LogP contribution in [-0.4, -0.2) is 19.9 Å². The molecule has 0 aliphatic rings. The summed E-state index contributed by atoms with van der Waals surface area (Å²) in [7, 11) is 0. The first-order valence-electron chi connectivity index (χ1n) is 16.2. The normalized spacial score (nSPS) is 11.8. The minimum absolute atomic E-state index is 0.0167. The standard InChI is InChI=1S/C44H27N3O/c48-44(28-21-23-45-24-22-28)43-33-20-19-31(46-39-13-5-1-9-34(39)35-10-2-6-14-40(35)46)26-30(33)25-29-17-18-32(27-38(29)43)47-41-15-7-3-11-36(41)37-12-4-8-16-42(37)47/h1-27H. The van der Waals surface area contributed by atoms with Crippen LogP contribution in [0.25, 0.3) is 76.5 Å². The van der Waals surface area contributed by atoms with Gasteiger partial charge in [-0.2, -0.15) is 0 Å². The molecule has 0 N–H and O–H groups in total. The average Bonchev–Trinajstić information content (AvgIpc) is 3.67. The zero-order chi connectivity index (χ0) is 31.8. The number of hydrogen-bond donors (Lipinski definition) is 0. The van der Waals surface area contributed by atoms with Gasteiger partial charge in [0.25, 0.3) is 0 Å². The maximum absolute atomic E-state index is 14.5. The largest absolute Gasteiger partial charge is 0.309 e. The van der Waals surface area contributed by atoms with Gasteiger partial charge in [-0.25, -0.2) is 0 Å². The molecule has 0 aliphatic carbocycles. The Morgan fingerprint density at radius 1 is 0.417 bits per heavy atom. The third-order valence-corrected chi connectivity index (χ3v) is 9.77. The lowest BCUT2D eigenvalue weighted by atomic mass is 9.91. The van der Waals surface area contributed by atoms with Crippen molar-refractivity contribution in [1.29, 1.82) is 0 Å². The molecule has 4 nitrogen and oxygen atoms in total. The van der Waals surface area contributed by atoms with Crippen LogP contribution >= 0.6 is 0 Å². The fourth-order valence-corrected chi connectivity index (χ4v) is 7.67. The van der Waals surface area contributed by atoms with Gasteiger partial charge < -0.3 is 9.13 Å². The number of para-hydroxylation sites is 4. The second-order valence-corrected chi connectivity index (χ2v) is 12.4. The summed E-state index contributed by atoms with van der Waals surface area (Å²) >= 11 is 0. The molecule has 0 bridgehead atoms. The summed E-state index contributed by atoms with van der Waals surface area (Å²) in [5.41, 5.74) is 7.98. The molecule has 0 unspecified atom stereocenters. The van der Waals surface area contributed by atoms with Crippen LogP contribution in [0, 0.1) is 0 Å². The fourth-order valence-electron chi connectivity index (χ4n) is 7.67. The number of fused-ring (bicyclic) bond motifs is 8. The summed E-state index contributed by atoms with van der Waals surface area (Å²) in [5.74, 6) is -0.0167. The number of pyridine rings is 1. The van der Waals surface area contributed by atoms with Crippen LogP contribution in [0.15, 0.2) is 164 Å². The van der Waals surface area contributed by atoms with Crippen LogP contribution in [0.4, 0.5) is 0 Å². The predicted molar refractivity (Wildman–Crippen MR) is 198 cm³/mol. The molecule has 3 aromatic heterocycles. The van der Waals surface area contributed by atoms with E-state index in [-0.39, 0.29) is 5.78 Å². The van der Waals surface area contributed by atoms with Gasteiger partial charge in [-0.3, -0.25) is 9.78 Å². The molecule has 7 aromatic carbocycles. The maximum atomic E-state index is 14.5. The summed E-state index contributed by atoms with van der Waals surface area (Å²) in [6.07, 6.45) is 3.37. The van der Waals surface area contributed by atoms with Crippen molar-refractivity contribution in [3.63, 3.8) is 0 Å². The van der Waals surface area contributed by atoms with E-state index in [4.69, 9.17) is 0 Å². The Morgan fingerprint density at radius 2 is 0.896 bits per heavy atom. The first-order valence-corrected chi connectivity index (χ1v) is 16.2. The number of carbonyl (C=O) groups excluding carboxylic acids is 1. The van der Waals surface area contributed by atoms with E-state index in [9.17, 15) is 4.79 Å². The molecular weight excluding hydrogens is 587 g/mol. The third-order valence-electron chi connectivity index (χ3n) is 9.77. The van der Waals surface area contributed by atoms with Crippen molar-refractivity contribution < 1.29 is 4.79 Å². The third kappa shape index (κ3) is 3.83. The van der Waals surface area contributed by atoms with E-state index in [0.29, 0.717) is 11.1 Å². The van der Waals surface area contributed by atoms with Gasteiger partial charge in [0.2, 0.25) is 0 Å². The second-order valence-electron chi connectivity index (χ2n) is 12.4. The number of carbonyl (C=O) groups is 1. The molecule has 0 radical (unpaired) electrons. The van der Waals surface area contributed by atoms with Crippen LogP contribution in [-0.2, 0) is 0 Å². The molecule has 48 heavy (non-hydrogen) atoms. The molecule has 224 valence electrons. The number of aromatic nitrogens is 3. The van der Waals surface area contributed by atoms with Crippen LogP contribution < -0.4 is 0 Å². The molecule has 0 amide bonds. The van der Waals surface area contributed by atoms with Crippen molar-refractivity contribution in [2.24, 2.45) is 0 Å². The topological polar surface area (TPSA) is 39.8 Å². The maximum Gasteiger partial charge on any atom is 0.194 e. The average molecular weight is 614 g/mol. The zero-order valence-corrected chi connectivity index (χ0v) is 25.8. The van der Waals surface area contributed by atoms with Gasteiger partial charge in [-0.05, 0) is 88.3 Å². The highest BCUT2D eigenvalue weighted by Gasteiger charge is 2.20. The molecule has 0 saturated carbocycles. The Morgan fingerprint density at radius 3 is 1.44 bits per heavy atom. The lowest BCUT2D eigenvalue weighted by molar-refractivity contribution is 0.104. The number of nitrogens with zero attached hydrogens (tertiary/aromatic N) is 3.